The van der Waals surface area contributed by atoms with Crippen LogP contribution >= 0.6 is 11.3 Å². The molecule has 1 aliphatic heterocycles. The largest absolute Gasteiger partial charge is 0.355 e. The Balaban J connectivity index is 1.51. The lowest BCUT2D eigenvalue weighted by Crippen LogP contribution is -3.14. The molecule has 1 fully saturated rings. The van der Waals surface area contributed by atoms with Gasteiger partial charge in [-0.3, -0.25) is 9.59 Å². The minimum absolute atomic E-state index is 0.0668. The van der Waals surface area contributed by atoms with E-state index in [1.807, 2.05) is 19.9 Å². The predicted molar refractivity (Wildman–Crippen MR) is 108 cm³/mol. The Hall–Kier alpha value is -1.99. The maximum atomic E-state index is 12.6. The van der Waals surface area contributed by atoms with Gasteiger partial charge in [-0.15, -0.1) is 11.3 Å². The summed E-state index contributed by atoms with van der Waals surface area (Å²) < 4.78 is 1.25. The first-order valence-electron chi connectivity index (χ1n) is 9.84. The van der Waals surface area contributed by atoms with E-state index in [2.05, 4.69) is 23.5 Å². The number of rotatable bonds is 7. The molecular weight excluding hydrogens is 360 g/mol. The van der Waals surface area contributed by atoms with Crippen LogP contribution in [-0.2, 0) is 9.59 Å². The van der Waals surface area contributed by atoms with E-state index >= 15 is 0 Å². The van der Waals surface area contributed by atoms with Crippen LogP contribution in [0.15, 0.2) is 24.3 Å². The lowest BCUT2D eigenvalue weighted by Gasteiger charge is -2.29. The molecule has 0 radical (unpaired) electrons. The Morgan fingerprint density at radius 3 is 2.67 bits per heavy atom. The Kier molecular flexibility index (Phi) is 6.79. The maximum absolute atomic E-state index is 12.6. The van der Waals surface area contributed by atoms with Crippen LogP contribution in [-0.4, -0.2) is 61.0 Å². The van der Waals surface area contributed by atoms with Crippen molar-refractivity contribution in [1.82, 2.24) is 15.2 Å². The van der Waals surface area contributed by atoms with Gasteiger partial charge in [0.25, 0.3) is 5.91 Å². The summed E-state index contributed by atoms with van der Waals surface area (Å²) in [6, 6.07) is 8.29. The molecule has 3 rings (SSSR count). The number of nitrogens with one attached hydrogen (secondary N) is 2. The number of hydrogen-bond donors (Lipinski definition) is 2. The number of nitrogens with zero attached hydrogens (tertiary/aromatic N) is 2. The number of likely N-dealkylation sites (N-methyl/N-ethyl adjacent to an activating group) is 2. The van der Waals surface area contributed by atoms with Crippen LogP contribution in [0.1, 0.15) is 37.6 Å². The summed E-state index contributed by atoms with van der Waals surface area (Å²) in [6.07, 6.45) is 2.12. The van der Waals surface area contributed by atoms with Crippen LogP contribution in [0, 0.1) is 0 Å². The van der Waals surface area contributed by atoms with Gasteiger partial charge in [0.05, 0.1) is 34.9 Å². The molecule has 2 N–H and O–H groups in total. The van der Waals surface area contributed by atoms with Crippen LogP contribution in [0.25, 0.3) is 10.2 Å². The average Bonchev–Trinajstić information content (AvgIpc) is 3.11. The fraction of sp³-hybridized carbons (Fsp3) is 0.550. The fourth-order valence-electron chi connectivity index (χ4n) is 3.64. The Morgan fingerprint density at radius 2 is 2.00 bits per heavy atom. The van der Waals surface area contributed by atoms with Crippen LogP contribution in [0.2, 0.25) is 0 Å². The SMILES string of the molecule is CCNC(=O)CN(CC)C(=O)C[NH+]1CCC(c2nc3ccccc3s2)CC1. The summed E-state index contributed by atoms with van der Waals surface area (Å²) in [5, 5.41) is 3.99. The van der Waals surface area contributed by atoms with Crippen LogP contribution in [0.5, 0.6) is 0 Å². The molecule has 0 atom stereocenters. The second-order valence-electron chi connectivity index (χ2n) is 7.08. The third-order valence-corrected chi connectivity index (χ3v) is 6.40. The number of fused-ring (bicyclic) bond motifs is 1. The van der Waals surface area contributed by atoms with Gasteiger partial charge in [-0.1, -0.05) is 12.1 Å². The number of thiazole rings is 1. The predicted octanol–water partition coefficient (Wildman–Crippen LogP) is 1.04. The highest BCUT2D eigenvalue weighted by Crippen LogP contribution is 2.31. The number of carbonyl (C=O) groups is 2. The molecule has 146 valence electrons. The molecule has 2 aromatic rings. The number of hydrogen-bond acceptors (Lipinski definition) is 4. The normalized spacial score (nSPS) is 19.8. The Morgan fingerprint density at radius 1 is 1.26 bits per heavy atom. The third-order valence-electron chi connectivity index (χ3n) is 5.20. The standard InChI is InChI=1S/C20H28N4O2S/c1-3-21-18(25)13-24(4-2)19(26)14-23-11-9-15(10-12-23)20-22-16-7-5-6-8-17(16)27-20/h5-8,15H,3-4,9-14H2,1-2H3,(H,21,25)/p+1. The summed E-state index contributed by atoms with van der Waals surface area (Å²) in [4.78, 5) is 32.1. The topological polar surface area (TPSA) is 66.7 Å². The van der Waals surface area contributed by atoms with Crippen molar-refractivity contribution in [2.75, 3.05) is 39.3 Å². The molecule has 0 bridgehead atoms. The highest BCUT2D eigenvalue weighted by atomic mass is 32.1. The number of para-hydroxylation sites is 1. The number of quaternary nitrogens is 1. The molecule has 27 heavy (non-hydrogen) atoms. The molecular formula is C20H29N4O2S+. The van der Waals surface area contributed by atoms with Crippen molar-refractivity contribution in [3.05, 3.63) is 29.3 Å². The lowest BCUT2D eigenvalue weighted by molar-refractivity contribution is -0.897. The van der Waals surface area contributed by atoms with E-state index in [-0.39, 0.29) is 18.4 Å². The zero-order valence-electron chi connectivity index (χ0n) is 16.2. The van der Waals surface area contributed by atoms with Gasteiger partial charge >= 0.3 is 0 Å². The number of amides is 2. The lowest BCUT2D eigenvalue weighted by atomic mass is 9.97. The number of likely N-dealkylation sites (tertiary alicyclic amines) is 1. The molecule has 1 aromatic carbocycles. The summed E-state index contributed by atoms with van der Waals surface area (Å²) >= 11 is 1.80. The summed E-state index contributed by atoms with van der Waals surface area (Å²) in [6.45, 7) is 7.55. The van der Waals surface area contributed by atoms with Crippen molar-refractivity contribution in [2.24, 2.45) is 0 Å². The van der Waals surface area contributed by atoms with E-state index in [1.54, 1.807) is 16.2 Å². The monoisotopic (exact) mass is 389 g/mol. The fourth-order valence-corrected chi connectivity index (χ4v) is 4.78. The van der Waals surface area contributed by atoms with Gasteiger partial charge in [-0.05, 0) is 26.0 Å². The van der Waals surface area contributed by atoms with E-state index in [0.29, 0.717) is 25.6 Å². The van der Waals surface area contributed by atoms with Crippen molar-refractivity contribution in [1.29, 1.82) is 0 Å². The second kappa shape index (κ2) is 9.28. The Labute approximate surface area is 164 Å². The first kappa shape index (κ1) is 19.8. The molecule has 0 saturated carbocycles. The van der Waals surface area contributed by atoms with E-state index < -0.39 is 0 Å². The first-order valence-corrected chi connectivity index (χ1v) is 10.7. The summed E-state index contributed by atoms with van der Waals surface area (Å²) in [5.41, 5.74) is 1.09. The molecule has 2 amide bonds. The zero-order valence-corrected chi connectivity index (χ0v) is 17.0. The molecule has 1 saturated heterocycles. The van der Waals surface area contributed by atoms with Crippen LogP contribution in [0.3, 0.4) is 0 Å². The number of benzene rings is 1. The van der Waals surface area contributed by atoms with Crippen molar-refractivity contribution in [3.63, 3.8) is 0 Å². The van der Waals surface area contributed by atoms with E-state index in [0.717, 1.165) is 31.4 Å². The van der Waals surface area contributed by atoms with E-state index in [4.69, 9.17) is 4.98 Å². The smallest absolute Gasteiger partial charge is 0.278 e. The minimum Gasteiger partial charge on any atom is -0.355 e. The van der Waals surface area contributed by atoms with Gasteiger partial charge in [0.15, 0.2) is 6.54 Å². The third kappa shape index (κ3) is 5.05. The zero-order chi connectivity index (χ0) is 19.2. The number of aromatic nitrogens is 1. The average molecular weight is 390 g/mol. The highest BCUT2D eigenvalue weighted by molar-refractivity contribution is 7.18. The second-order valence-corrected chi connectivity index (χ2v) is 8.14. The first-order chi connectivity index (χ1) is 13.1. The molecule has 7 heteroatoms. The molecule has 0 unspecified atom stereocenters. The minimum atomic E-state index is -0.0859. The van der Waals surface area contributed by atoms with Crippen LogP contribution in [0.4, 0.5) is 0 Å². The van der Waals surface area contributed by atoms with Crippen molar-refractivity contribution in [2.45, 2.75) is 32.6 Å². The van der Waals surface area contributed by atoms with Gasteiger partial charge in [-0.25, -0.2) is 4.98 Å². The van der Waals surface area contributed by atoms with E-state index in [1.165, 1.54) is 14.6 Å². The molecule has 0 aliphatic carbocycles. The van der Waals surface area contributed by atoms with Gasteiger partial charge in [0.2, 0.25) is 5.91 Å². The van der Waals surface area contributed by atoms with Gasteiger partial charge in [0.1, 0.15) is 0 Å². The molecule has 0 spiro atoms. The Bertz CT molecular complexity index is 750. The molecule has 6 nitrogen and oxygen atoms in total. The van der Waals surface area contributed by atoms with Crippen molar-refractivity contribution >= 4 is 33.4 Å². The number of carbonyl (C=O) groups excluding carboxylic acids is 2. The van der Waals surface area contributed by atoms with Crippen LogP contribution < -0.4 is 10.2 Å². The molecule has 1 aromatic heterocycles. The van der Waals surface area contributed by atoms with E-state index in [9.17, 15) is 9.59 Å². The molecule has 1 aliphatic rings. The summed E-state index contributed by atoms with van der Waals surface area (Å²) in [7, 11) is 0. The summed E-state index contributed by atoms with van der Waals surface area (Å²) in [5.74, 6) is 0.480. The molecule has 2 heterocycles. The van der Waals surface area contributed by atoms with Gasteiger partial charge in [-0.2, -0.15) is 0 Å². The highest BCUT2D eigenvalue weighted by Gasteiger charge is 2.28. The van der Waals surface area contributed by atoms with Gasteiger partial charge in [0, 0.05) is 31.8 Å². The number of piperidine rings is 1. The van der Waals surface area contributed by atoms with Gasteiger partial charge < -0.3 is 15.1 Å². The van der Waals surface area contributed by atoms with Crippen molar-refractivity contribution in [3.8, 4) is 0 Å². The van der Waals surface area contributed by atoms with Crippen molar-refractivity contribution < 1.29 is 14.5 Å². The quantitative estimate of drug-likeness (QED) is 0.744. The maximum Gasteiger partial charge on any atom is 0.278 e.